The average Bonchev–Trinajstić information content (AvgIpc) is 2.49. The van der Waals surface area contributed by atoms with Crippen LogP contribution in [0.2, 0.25) is 5.02 Å². The van der Waals surface area contributed by atoms with Gasteiger partial charge in [0, 0.05) is 16.4 Å². The van der Waals surface area contributed by atoms with Crippen LogP contribution in [0.1, 0.15) is 0 Å². The largest absolute Gasteiger partial charge is 0.461 e. The van der Waals surface area contributed by atoms with Crippen molar-refractivity contribution in [3.8, 4) is 0 Å². The number of halogens is 1. The number of rotatable bonds is 4. The maximum absolute atomic E-state index is 11.7. The van der Waals surface area contributed by atoms with E-state index in [1.807, 2.05) is 18.2 Å². The van der Waals surface area contributed by atoms with Crippen LogP contribution >= 0.6 is 23.8 Å². The summed E-state index contributed by atoms with van der Waals surface area (Å²) in [4.78, 5) is 11.7. The van der Waals surface area contributed by atoms with Gasteiger partial charge >= 0.3 is 0 Å². The molecule has 2 N–H and O–H groups in total. The second-order valence-corrected chi connectivity index (χ2v) is 4.93. The van der Waals surface area contributed by atoms with Crippen molar-refractivity contribution in [1.29, 1.82) is 0 Å². The molecule has 0 aromatic heterocycles. The molecule has 4 nitrogen and oxygen atoms in total. The molecule has 0 saturated heterocycles. The van der Waals surface area contributed by atoms with E-state index in [1.165, 1.54) is 0 Å². The molecule has 0 atom stereocenters. The second kappa shape index (κ2) is 7.61. The van der Waals surface area contributed by atoms with E-state index in [-0.39, 0.29) is 17.7 Å². The van der Waals surface area contributed by atoms with Gasteiger partial charge in [0.05, 0.1) is 0 Å². The number of carbonyl (C=O) groups is 1. The molecule has 6 heteroatoms. The Morgan fingerprint density at radius 3 is 2.29 bits per heavy atom. The van der Waals surface area contributed by atoms with Crippen LogP contribution in [0.15, 0.2) is 54.6 Å². The van der Waals surface area contributed by atoms with E-state index in [9.17, 15) is 4.79 Å². The molecule has 2 rings (SSSR count). The van der Waals surface area contributed by atoms with Gasteiger partial charge in [-0.1, -0.05) is 29.8 Å². The number of benzene rings is 2. The Hall–Kier alpha value is -2.11. The summed E-state index contributed by atoms with van der Waals surface area (Å²) in [6.45, 7) is -0.158. The van der Waals surface area contributed by atoms with Gasteiger partial charge in [-0.25, -0.2) is 0 Å². The monoisotopic (exact) mass is 320 g/mol. The lowest BCUT2D eigenvalue weighted by Gasteiger charge is -2.10. The van der Waals surface area contributed by atoms with Crippen LogP contribution in [0, 0.1) is 0 Å². The van der Waals surface area contributed by atoms with Gasteiger partial charge < -0.3 is 15.4 Å². The highest BCUT2D eigenvalue weighted by molar-refractivity contribution is 7.80. The number of para-hydroxylation sites is 1. The number of hydrogen-bond acceptors (Lipinski definition) is 3. The highest BCUT2D eigenvalue weighted by Crippen LogP contribution is 2.13. The molecule has 0 aliphatic carbocycles. The first kappa shape index (κ1) is 15.3. The quantitative estimate of drug-likeness (QED) is 0.844. The normalized spacial score (nSPS) is 9.76. The van der Waals surface area contributed by atoms with Crippen molar-refractivity contribution >= 4 is 46.3 Å². The minimum atomic E-state index is -0.276. The van der Waals surface area contributed by atoms with Crippen LogP contribution in [0.3, 0.4) is 0 Å². The zero-order chi connectivity index (χ0) is 15.1. The van der Waals surface area contributed by atoms with Gasteiger partial charge in [-0.3, -0.25) is 4.79 Å². The Kier molecular flexibility index (Phi) is 5.54. The van der Waals surface area contributed by atoms with Crippen LogP contribution < -0.4 is 10.6 Å². The van der Waals surface area contributed by atoms with Crippen LogP contribution in [0.4, 0.5) is 11.4 Å². The van der Waals surface area contributed by atoms with Crippen LogP contribution in [-0.2, 0) is 9.53 Å². The van der Waals surface area contributed by atoms with E-state index in [4.69, 9.17) is 28.6 Å². The van der Waals surface area contributed by atoms with Gasteiger partial charge in [-0.15, -0.1) is 0 Å². The van der Waals surface area contributed by atoms with Gasteiger partial charge in [-0.2, -0.15) is 0 Å². The fourth-order valence-electron chi connectivity index (χ4n) is 1.54. The van der Waals surface area contributed by atoms with Gasteiger partial charge in [0.1, 0.15) is 0 Å². The van der Waals surface area contributed by atoms with E-state index >= 15 is 0 Å². The molecule has 0 spiro atoms. The molecule has 0 fully saturated rings. The van der Waals surface area contributed by atoms with E-state index < -0.39 is 0 Å². The van der Waals surface area contributed by atoms with Gasteiger partial charge in [0.25, 0.3) is 11.1 Å². The summed E-state index contributed by atoms with van der Waals surface area (Å²) in [5.41, 5.74) is 1.45. The number of anilines is 2. The lowest BCUT2D eigenvalue weighted by atomic mass is 10.3. The van der Waals surface area contributed by atoms with E-state index in [0.29, 0.717) is 10.7 Å². The molecule has 1 amide bonds. The summed E-state index contributed by atoms with van der Waals surface area (Å²) >= 11 is 10.8. The Balaban J connectivity index is 1.76. The molecule has 2 aromatic rings. The smallest absolute Gasteiger partial charge is 0.262 e. The zero-order valence-electron chi connectivity index (χ0n) is 11.0. The third-order valence-electron chi connectivity index (χ3n) is 2.48. The minimum absolute atomic E-state index is 0.125. The van der Waals surface area contributed by atoms with Crippen LogP contribution in [-0.4, -0.2) is 17.7 Å². The van der Waals surface area contributed by atoms with Crippen LogP contribution in [0.5, 0.6) is 0 Å². The first-order valence-electron chi connectivity index (χ1n) is 6.18. The van der Waals surface area contributed by atoms with Crippen molar-refractivity contribution in [1.82, 2.24) is 0 Å². The van der Waals surface area contributed by atoms with Crippen molar-refractivity contribution in [2.45, 2.75) is 0 Å². The molecule has 108 valence electrons. The number of thiocarbonyl (C=S) groups is 1. The molecule has 21 heavy (non-hydrogen) atoms. The highest BCUT2D eigenvalue weighted by atomic mass is 35.5. The van der Waals surface area contributed by atoms with Crippen molar-refractivity contribution in [2.24, 2.45) is 0 Å². The Morgan fingerprint density at radius 1 is 1.00 bits per heavy atom. The molecule has 0 bridgehead atoms. The van der Waals surface area contributed by atoms with Crippen molar-refractivity contribution in [2.75, 3.05) is 17.2 Å². The molecule has 0 radical (unpaired) electrons. The maximum Gasteiger partial charge on any atom is 0.262 e. The zero-order valence-corrected chi connectivity index (χ0v) is 12.6. The topological polar surface area (TPSA) is 50.4 Å². The third-order valence-corrected chi connectivity index (χ3v) is 2.95. The summed E-state index contributed by atoms with van der Waals surface area (Å²) in [5.74, 6) is -0.276. The van der Waals surface area contributed by atoms with E-state index in [2.05, 4.69) is 10.6 Å². The molecular weight excluding hydrogens is 308 g/mol. The second-order valence-electron chi connectivity index (χ2n) is 4.12. The van der Waals surface area contributed by atoms with Crippen molar-refractivity contribution in [3.05, 3.63) is 59.6 Å². The first-order valence-corrected chi connectivity index (χ1v) is 6.96. The summed E-state index contributed by atoms with van der Waals surface area (Å²) in [6.07, 6.45) is 0. The number of carbonyl (C=O) groups excluding carboxylic acids is 1. The average molecular weight is 321 g/mol. The highest BCUT2D eigenvalue weighted by Gasteiger charge is 2.05. The van der Waals surface area contributed by atoms with E-state index in [1.54, 1.807) is 36.4 Å². The molecule has 0 aliphatic heterocycles. The number of amides is 1. The minimum Gasteiger partial charge on any atom is -0.461 e. The number of ether oxygens (including phenoxy) is 1. The molecule has 0 saturated carbocycles. The third kappa shape index (κ3) is 5.41. The SMILES string of the molecule is O=C(COC(=S)Nc1ccc(Cl)cc1)Nc1ccccc1. The lowest BCUT2D eigenvalue weighted by Crippen LogP contribution is -2.23. The summed E-state index contributed by atoms with van der Waals surface area (Å²) < 4.78 is 5.19. The maximum atomic E-state index is 11.7. The van der Waals surface area contributed by atoms with Crippen LogP contribution in [0.25, 0.3) is 0 Å². The molecular formula is C15H13ClN2O2S. The Bertz CT molecular complexity index is 617. The van der Waals surface area contributed by atoms with Crippen molar-refractivity contribution in [3.63, 3.8) is 0 Å². The molecule has 2 aromatic carbocycles. The summed E-state index contributed by atoms with van der Waals surface area (Å²) in [5, 5.41) is 6.32. The number of nitrogens with one attached hydrogen (secondary N) is 2. The molecule has 0 heterocycles. The molecule has 0 unspecified atom stereocenters. The van der Waals surface area contributed by atoms with E-state index in [0.717, 1.165) is 5.69 Å². The predicted molar refractivity (Wildman–Crippen MR) is 88.7 cm³/mol. The fourth-order valence-corrected chi connectivity index (χ4v) is 1.84. The lowest BCUT2D eigenvalue weighted by molar-refractivity contribution is -0.118. The van der Waals surface area contributed by atoms with Gasteiger partial charge in [0.2, 0.25) is 0 Å². The summed E-state index contributed by atoms with van der Waals surface area (Å²) in [6, 6.07) is 16.1. The Labute approximate surface area is 133 Å². The fraction of sp³-hybridized carbons (Fsp3) is 0.0667. The van der Waals surface area contributed by atoms with Gasteiger partial charge in [0.15, 0.2) is 6.61 Å². The predicted octanol–water partition coefficient (Wildman–Crippen LogP) is 3.69. The first-order chi connectivity index (χ1) is 10.1. The summed E-state index contributed by atoms with van der Waals surface area (Å²) in [7, 11) is 0. The van der Waals surface area contributed by atoms with Crippen molar-refractivity contribution < 1.29 is 9.53 Å². The molecule has 0 aliphatic rings. The standard InChI is InChI=1S/C15H13ClN2O2S/c16-11-6-8-13(9-7-11)18-15(21)20-10-14(19)17-12-4-2-1-3-5-12/h1-9H,10H2,(H,17,19)(H,18,21). The number of hydrogen-bond donors (Lipinski definition) is 2. The Morgan fingerprint density at radius 2 is 1.62 bits per heavy atom. The van der Waals surface area contributed by atoms with Gasteiger partial charge in [-0.05, 0) is 48.6 Å².